The van der Waals surface area contributed by atoms with Crippen molar-refractivity contribution in [1.82, 2.24) is 10.2 Å². The normalized spacial score (nSPS) is 12.6. The topological polar surface area (TPSA) is 86.8 Å². The predicted molar refractivity (Wildman–Crippen MR) is 181 cm³/mol. The number of para-hydroxylation sites is 1. The van der Waals surface area contributed by atoms with Gasteiger partial charge in [0.15, 0.2) is 0 Å². The van der Waals surface area contributed by atoms with Crippen molar-refractivity contribution in [2.45, 2.75) is 57.1 Å². The Labute approximate surface area is 275 Å². The van der Waals surface area contributed by atoms with E-state index in [-0.39, 0.29) is 29.8 Å². The van der Waals surface area contributed by atoms with Crippen molar-refractivity contribution in [2.24, 2.45) is 0 Å². The zero-order valence-corrected chi connectivity index (χ0v) is 27.8. The summed E-state index contributed by atoms with van der Waals surface area (Å²) in [6.07, 6.45) is 0.910. The average Bonchev–Trinajstić information content (AvgIpc) is 3.04. The summed E-state index contributed by atoms with van der Waals surface area (Å²) in [5.74, 6) is -0.893. The van der Waals surface area contributed by atoms with Gasteiger partial charge in [-0.3, -0.25) is 13.9 Å². The van der Waals surface area contributed by atoms with E-state index < -0.39 is 28.5 Å². The largest absolute Gasteiger partial charge is 0.352 e. The SMILES string of the molecule is CC[C@H](C)NC(=O)[C@H](Cc1ccccc1)N(Cc1ccc(Cl)c(Cl)c1)C(=O)CN(c1ccccc1)S(=O)(=O)c1ccc(C)cc1. The molecule has 2 amide bonds. The monoisotopic (exact) mass is 665 g/mol. The summed E-state index contributed by atoms with van der Waals surface area (Å²) < 4.78 is 29.2. The van der Waals surface area contributed by atoms with Crippen LogP contribution in [0.25, 0.3) is 0 Å². The molecule has 0 heterocycles. The predicted octanol–water partition coefficient (Wildman–Crippen LogP) is 7.05. The summed E-state index contributed by atoms with van der Waals surface area (Å²) in [6.45, 7) is 5.18. The highest BCUT2D eigenvalue weighted by atomic mass is 35.5. The number of benzene rings is 4. The minimum atomic E-state index is -4.17. The fraction of sp³-hybridized carbons (Fsp3) is 0.257. The molecule has 10 heteroatoms. The van der Waals surface area contributed by atoms with Gasteiger partial charge in [-0.25, -0.2) is 8.42 Å². The van der Waals surface area contributed by atoms with Crippen LogP contribution in [0.3, 0.4) is 0 Å². The average molecular weight is 667 g/mol. The number of nitrogens with zero attached hydrogens (tertiary/aromatic N) is 2. The van der Waals surface area contributed by atoms with Gasteiger partial charge in [-0.05, 0) is 67.8 Å². The molecule has 0 aromatic heterocycles. The molecule has 4 aromatic rings. The van der Waals surface area contributed by atoms with Gasteiger partial charge in [0.2, 0.25) is 11.8 Å². The van der Waals surface area contributed by atoms with E-state index in [1.54, 1.807) is 60.7 Å². The quantitative estimate of drug-likeness (QED) is 0.166. The molecule has 0 unspecified atom stereocenters. The molecular formula is C35H37Cl2N3O4S. The van der Waals surface area contributed by atoms with Gasteiger partial charge in [0.1, 0.15) is 12.6 Å². The van der Waals surface area contributed by atoms with Gasteiger partial charge in [-0.2, -0.15) is 0 Å². The summed E-state index contributed by atoms with van der Waals surface area (Å²) in [5, 5.41) is 3.68. The van der Waals surface area contributed by atoms with Gasteiger partial charge in [-0.15, -0.1) is 0 Å². The number of sulfonamides is 1. The molecule has 45 heavy (non-hydrogen) atoms. The van der Waals surface area contributed by atoms with Gasteiger partial charge in [0.05, 0.1) is 20.6 Å². The summed E-state index contributed by atoms with van der Waals surface area (Å²) in [5.41, 5.74) is 2.71. The van der Waals surface area contributed by atoms with Crippen LogP contribution in [0, 0.1) is 6.92 Å². The number of hydrogen-bond donors (Lipinski definition) is 1. The molecule has 2 atom stereocenters. The first-order valence-electron chi connectivity index (χ1n) is 14.7. The highest BCUT2D eigenvalue weighted by Gasteiger charge is 2.35. The lowest BCUT2D eigenvalue weighted by molar-refractivity contribution is -0.140. The molecule has 0 bridgehead atoms. The minimum absolute atomic E-state index is 0.00560. The molecule has 0 aliphatic heterocycles. The highest BCUT2D eigenvalue weighted by molar-refractivity contribution is 7.92. The number of hydrogen-bond acceptors (Lipinski definition) is 4. The Morgan fingerprint density at radius 1 is 0.822 bits per heavy atom. The van der Waals surface area contributed by atoms with Crippen molar-refractivity contribution in [3.05, 3.63) is 130 Å². The molecule has 0 saturated heterocycles. The second-order valence-corrected chi connectivity index (χ2v) is 13.6. The van der Waals surface area contributed by atoms with Gasteiger partial charge in [-0.1, -0.05) is 102 Å². The molecule has 7 nitrogen and oxygen atoms in total. The third-order valence-electron chi connectivity index (χ3n) is 7.54. The Morgan fingerprint density at radius 2 is 1.44 bits per heavy atom. The molecule has 0 aliphatic carbocycles. The molecule has 0 fully saturated rings. The first-order valence-corrected chi connectivity index (χ1v) is 16.9. The number of anilines is 1. The van der Waals surface area contributed by atoms with E-state index in [0.717, 1.165) is 15.4 Å². The fourth-order valence-corrected chi connectivity index (χ4v) is 6.53. The maximum atomic E-state index is 14.5. The third kappa shape index (κ3) is 8.87. The van der Waals surface area contributed by atoms with Crippen molar-refractivity contribution in [1.29, 1.82) is 0 Å². The summed E-state index contributed by atoms with van der Waals surface area (Å²) in [6, 6.07) is 28.3. The number of carbonyl (C=O) groups excluding carboxylic acids is 2. The van der Waals surface area contributed by atoms with Crippen molar-refractivity contribution >= 4 is 50.7 Å². The van der Waals surface area contributed by atoms with Crippen LogP contribution in [-0.2, 0) is 32.6 Å². The molecular weight excluding hydrogens is 629 g/mol. The van der Waals surface area contributed by atoms with E-state index in [2.05, 4.69) is 5.32 Å². The molecule has 0 radical (unpaired) electrons. The maximum Gasteiger partial charge on any atom is 0.264 e. The van der Waals surface area contributed by atoms with Crippen LogP contribution in [0.4, 0.5) is 5.69 Å². The minimum Gasteiger partial charge on any atom is -0.352 e. The highest BCUT2D eigenvalue weighted by Crippen LogP contribution is 2.27. The Kier molecular flexibility index (Phi) is 11.7. The molecule has 4 aromatic carbocycles. The fourth-order valence-electron chi connectivity index (χ4n) is 4.79. The van der Waals surface area contributed by atoms with E-state index in [4.69, 9.17) is 23.2 Å². The lowest BCUT2D eigenvalue weighted by atomic mass is 10.0. The van der Waals surface area contributed by atoms with Crippen LogP contribution in [0.5, 0.6) is 0 Å². The number of carbonyl (C=O) groups is 2. The Bertz CT molecular complexity index is 1700. The van der Waals surface area contributed by atoms with Crippen molar-refractivity contribution in [2.75, 3.05) is 10.8 Å². The van der Waals surface area contributed by atoms with Crippen LogP contribution in [0.2, 0.25) is 10.0 Å². The number of nitrogens with one attached hydrogen (secondary N) is 1. The van der Waals surface area contributed by atoms with E-state index in [1.807, 2.05) is 51.1 Å². The molecule has 236 valence electrons. The zero-order chi connectivity index (χ0) is 32.6. The first-order chi connectivity index (χ1) is 21.5. The third-order valence-corrected chi connectivity index (χ3v) is 10.1. The van der Waals surface area contributed by atoms with Crippen LogP contribution in [0.15, 0.2) is 108 Å². The van der Waals surface area contributed by atoms with Crippen molar-refractivity contribution < 1.29 is 18.0 Å². The molecule has 0 spiro atoms. The number of aryl methyl sites for hydroxylation is 1. The number of rotatable bonds is 13. The molecule has 1 N–H and O–H groups in total. The number of halogens is 2. The van der Waals surface area contributed by atoms with E-state index in [0.29, 0.717) is 27.7 Å². The van der Waals surface area contributed by atoms with Gasteiger partial charge >= 0.3 is 0 Å². The van der Waals surface area contributed by atoms with Gasteiger partial charge in [0, 0.05) is 19.0 Å². The molecule has 4 rings (SSSR count). The van der Waals surface area contributed by atoms with Crippen LogP contribution >= 0.6 is 23.2 Å². The molecule has 0 aliphatic rings. The van der Waals surface area contributed by atoms with Crippen molar-refractivity contribution in [3.8, 4) is 0 Å². The lowest BCUT2D eigenvalue weighted by Gasteiger charge is -2.34. The first kappa shape index (κ1) is 34.0. The van der Waals surface area contributed by atoms with Gasteiger partial charge < -0.3 is 10.2 Å². The van der Waals surface area contributed by atoms with Crippen LogP contribution < -0.4 is 9.62 Å². The maximum absolute atomic E-state index is 14.5. The Morgan fingerprint density at radius 3 is 2.04 bits per heavy atom. The Hall–Kier alpha value is -3.85. The standard InChI is InChI=1S/C35H37Cl2N3O4S/c1-4-26(3)38-35(42)33(22-27-11-7-5-8-12-27)39(23-28-17-20-31(36)32(37)21-28)34(41)24-40(29-13-9-6-10-14-29)45(43,44)30-18-15-25(2)16-19-30/h5-21,26,33H,4,22-24H2,1-3H3,(H,38,42)/t26-,33-/m0/s1. The van der Waals surface area contributed by atoms with E-state index in [1.165, 1.54) is 17.0 Å². The van der Waals surface area contributed by atoms with E-state index in [9.17, 15) is 18.0 Å². The van der Waals surface area contributed by atoms with Gasteiger partial charge in [0.25, 0.3) is 10.0 Å². The Balaban J connectivity index is 1.80. The van der Waals surface area contributed by atoms with E-state index >= 15 is 0 Å². The zero-order valence-electron chi connectivity index (χ0n) is 25.5. The summed E-state index contributed by atoms with van der Waals surface area (Å²) >= 11 is 12.5. The van der Waals surface area contributed by atoms with Crippen molar-refractivity contribution in [3.63, 3.8) is 0 Å². The second-order valence-electron chi connectivity index (χ2n) is 11.0. The second kappa shape index (κ2) is 15.4. The molecule has 0 saturated carbocycles. The smallest absolute Gasteiger partial charge is 0.264 e. The number of amides is 2. The summed E-state index contributed by atoms with van der Waals surface area (Å²) in [4.78, 5) is 29.9. The summed E-state index contributed by atoms with van der Waals surface area (Å²) in [7, 11) is -4.17. The van der Waals surface area contributed by atoms with Crippen LogP contribution in [-0.4, -0.2) is 43.8 Å². The van der Waals surface area contributed by atoms with Crippen LogP contribution in [0.1, 0.15) is 37.0 Å². The lowest BCUT2D eigenvalue weighted by Crippen LogP contribution is -2.54.